The summed E-state index contributed by atoms with van der Waals surface area (Å²) in [5.41, 5.74) is 1.45. The molecule has 5 nitrogen and oxygen atoms in total. The Morgan fingerprint density at radius 3 is 2.32 bits per heavy atom. The molecule has 1 aromatic heterocycles. The maximum atomic E-state index is 13.4. The van der Waals surface area contributed by atoms with Crippen molar-refractivity contribution in [2.75, 3.05) is 7.05 Å². The van der Waals surface area contributed by atoms with Gasteiger partial charge in [0.2, 0.25) is 0 Å². The topological polar surface area (TPSA) is 55.2 Å². The Balaban J connectivity index is 1.89. The Kier molecular flexibility index (Phi) is 5.62. The molecule has 1 amide bonds. The smallest absolute Gasteiger partial charge is 0.266 e. The van der Waals surface area contributed by atoms with Gasteiger partial charge in [-0.15, -0.1) is 0 Å². The maximum absolute atomic E-state index is 13.4. The third-order valence-corrected chi connectivity index (χ3v) is 5.38. The molecule has 1 unspecified atom stereocenters. The minimum absolute atomic E-state index is 0.187. The molecule has 6 heteroatoms. The molecule has 0 bridgehead atoms. The monoisotopic (exact) mass is 415 g/mol. The molecule has 0 spiro atoms. The van der Waals surface area contributed by atoms with Crippen LogP contribution in [-0.4, -0.2) is 27.4 Å². The molecule has 0 aliphatic carbocycles. The Labute approximate surface area is 179 Å². The largest absolute Gasteiger partial charge is 0.332 e. The predicted octanol–water partition coefficient (Wildman–Crippen LogP) is 4.75. The van der Waals surface area contributed by atoms with Crippen LogP contribution in [0.5, 0.6) is 0 Å². The average Bonchev–Trinajstić information content (AvgIpc) is 2.80. The molecule has 0 fully saturated rings. The lowest BCUT2D eigenvalue weighted by atomic mass is 10.1. The van der Waals surface area contributed by atoms with Crippen molar-refractivity contribution in [1.29, 1.82) is 0 Å². The van der Waals surface area contributed by atoms with E-state index < -0.39 is 11.9 Å². The van der Waals surface area contributed by atoms with Crippen LogP contribution in [0.4, 0.5) is 4.39 Å². The molecule has 0 aliphatic heterocycles. The number of rotatable bonds is 5. The summed E-state index contributed by atoms with van der Waals surface area (Å²) in [4.78, 5) is 32.9. The number of aromatic nitrogens is 2. The normalized spacial score (nSPS) is 12.0. The van der Waals surface area contributed by atoms with E-state index in [4.69, 9.17) is 4.98 Å². The highest BCUT2D eigenvalue weighted by Gasteiger charge is 2.27. The van der Waals surface area contributed by atoms with E-state index in [0.717, 1.165) is 0 Å². The van der Waals surface area contributed by atoms with Gasteiger partial charge in [0.15, 0.2) is 0 Å². The van der Waals surface area contributed by atoms with E-state index in [1.165, 1.54) is 24.3 Å². The molecule has 0 aliphatic rings. The van der Waals surface area contributed by atoms with Crippen LogP contribution in [0.2, 0.25) is 0 Å². The fourth-order valence-electron chi connectivity index (χ4n) is 3.77. The molecule has 0 saturated carbocycles. The lowest BCUT2D eigenvalue weighted by molar-refractivity contribution is 0.0717. The number of amides is 1. The van der Waals surface area contributed by atoms with Crippen LogP contribution in [0.3, 0.4) is 0 Å². The van der Waals surface area contributed by atoms with Crippen molar-refractivity contribution in [1.82, 2.24) is 14.5 Å². The SMILES string of the molecule is CCC(c1nc2ccccc2c(=O)n1-c1ccccc1)N(C)C(=O)c1ccc(F)cc1. The Morgan fingerprint density at radius 1 is 1.00 bits per heavy atom. The molecule has 156 valence electrons. The zero-order chi connectivity index (χ0) is 22.0. The number of fused-ring (bicyclic) bond motifs is 1. The van der Waals surface area contributed by atoms with Gasteiger partial charge in [-0.1, -0.05) is 37.3 Å². The van der Waals surface area contributed by atoms with Gasteiger partial charge >= 0.3 is 0 Å². The molecule has 31 heavy (non-hydrogen) atoms. The third kappa shape index (κ3) is 3.84. The third-order valence-electron chi connectivity index (χ3n) is 5.38. The lowest BCUT2D eigenvalue weighted by Crippen LogP contribution is -2.36. The van der Waals surface area contributed by atoms with Gasteiger partial charge in [0, 0.05) is 12.6 Å². The van der Waals surface area contributed by atoms with Crippen LogP contribution in [0.1, 0.15) is 35.6 Å². The van der Waals surface area contributed by atoms with E-state index in [1.54, 1.807) is 28.6 Å². The van der Waals surface area contributed by atoms with Gasteiger partial charge in [0.25, 0.3) is 11.5 Å². The zero-order valence-electron chi connectivity index (χ0n) is 17.3. The quantitative estimate of drug-likeness (QED) is 0.473. The molecule has 4 rings (SSSR count). The van der Waals surface area contributed by atoms with Crippen molar-refractivity contribution in [3.05, 3.63) is 106 Å². The van der Waals surface area contributed by atoms with Gasteiger partial charge in [-0.2, -0.15) is 0 Å². The molecule has 0 saturated heterocycles. The Hall–Kier alpha value is -3.80. The molecule has 1 atom stereocenters. The van der Waals surface area contributed by atoms with Gasteiger partial charge in [0.1, 0.15) is 11.6 Å². The number of hydrogen-bond acceptors (Lipinski definition) is 3. The first kappa shape index (κ1) is 20.5. The maximum Gasteiger partial charge on any atom is 0.266 e. The minimum Gasteiger partial charge on any atom is -0.332 e. The Bertz CT molecular complexity index is 1280. The molecule has 0 radical (unpaired) electrons. The van der Waals surface area contributed by atoms with Gasteiger partial charge < -0.3 is 4.90 Å². The summed E-state index contributed by atoms with van der Waals surface area (Å²) in [6.07, 6.45) is 0.543. The highest BCUT2D eigenvalue weighted by Crippen LogP contribution is 2.26. The number of carbonyl (C=O) groups excluding carboxylic acids is 1. The van der Waals surface area contributed by atoms with E-state index in [9.17, 15) is 14.0 Å². The van der Waals surface area contributed by atoms with Crippen molar-refractivity contribution in [2.45, 2.75) is 19.4 Å². The first-order valence-corrected chi connectivity index (χ1v) is 10.1. The first-order valence-electron chi connectivity index (χ1n) is 10.1. The summed E-state index contributed by atoms with van der Waals surface area (Å²) >= 11 is 0. The minimum atomic E-state index is -0.463. The second kappa shape index (κ2) is 8.52. The summed E-state index contributed by atoms with van der Waals surface area (Å²) in [6.45, 7) is 1.94. The molecule has 0 N–H and O–H groups in total. The molecular formula is C25H22FN3O2. The summed E-state index contributed by atoms with van der Waals surface area (Å²) in [6, 6.07) is 21.4. The fourth-order valence-corrected chi connectivity index (χ4v) is 3.77. The van der Waals surface area contributed by atoms with Crippen LogP contribution < -0.4 is 5.56 Å². The number of halogens is 1. The zero-order valence-corrected chi connectivity index (χ0v) is 17.3. The molecule has 4 aromatic rings. The van der Waals surface area contributed by atoms with Crippen molar-refractivity contribution < 1.29 is 9.18 Å². The van der Waals surface area contributed by atoms with Crippen LogP contribution in [0, 0.1) is 5.82 Å². The van der Waals surface area contributed by atoms with E-state index in [0.29, 0.717) is 34.4 Å². The van der Waals surface area contributed by atoms with E-state index in [-0.39, 0.29) is 11.5 Å². The van der Waals surface area contributed by atoms with E-state index in [2.05, 4.69) is 0 Å². The van der Waals surface area contributed by atoms with Gasteiger partial charge in [-0.05, 0) is 55.0 Å². The van der Waals surface area contributed by atoms with E-state index >= 15 is 0 Å². The van der Waals surface area contributed by atoms with Crippen LogP contribution in [-0.2, 0) is 0 Å². The van der Waals surface area contributed by atoms with Crippen molar-refractivity contribution in [2.24, 2.45) is 0 Å². The summed E-state index contributed by atoms with van der Waals surface area (Å²) in [7, 11) is 1.68. The summed E-state index contributed by atoms with van der Waals surface area (Å²) in [5, 5.41) is 0.512. The first-order chi connectivity index (χ1) is 15.0. The summed E-state index contributed by atoms with van der Waals surface area (Å²) < 4.78 is 14.9. The molecular weight excluding hydrogens is 393 g/mol. The highest BCUT2D eigenvalue weighted by atomic mass is 19.1. The fraction of sp³-hybridized carbons (Fsp3) is 0.160. The van der Waals surface area contributed by atoms with Crippen LogP contribution in [0.15, 0.2) is 83.7 Å². The van der Waals surface area contributed by atoms with Gasteiger partial charge in [0.05, 0.1) is 22.6 Å². The Morgan fingerprint density at radius 2 is 1.65 bits per heavy atom. The second-order valence-corrected chi connectivity index (χ2v) is 7.31. The predicted molar refractivity (Wildman–Crippen MR) is 119 cm³/mol. The van der Waals surface area contributed by atoms with E-state index in [1.807, 2.05) is 49.4 Å². The van der Waals surface area contributed by atoms with Crippen molar-refractivity contribution in [3.63, 3.8) is 0 Å². The van der Waals surface area contributed by atoms with Gasteiger partial charge in [-0.25, -0.2) is 9.37 Å². The molecule has 1 heterocycles. The second-order valence-electron chi connectivity index (χ2n) is 7.31. The number of benzene rings is 3. The number of para-hydroxylation sites is 2. The van der Waals surface area contributed by atoms with Crippen LogP contribution >= 0.6 is 0 Å². The highest BCUT2D eigenvalue weighted by molar-refractivity contribution is 5.94. The van der Waals surface area contributed by atoms with Crippen LogP contribution in [0.25, 0.3) is 16.6 Å². The molecule has 3 aromatic carbocycles. The average molecular weight is 415 g/mol. The lowest BCUT2D eigenvalue weighted by Gasteiger charge is -2.29. The summed E-state index contributed by atoms with van der Waals surface area (Å²) in [5.74, 6) is -0.190. The standard InChI is InChI=1S/C25H22FN3O2/c1-3-22(28(2)24(30)17-13-15-18(26)16-14-17)23-27-21-12-8-7-11-20(21)25(31)29(23)19-9-5-4-6-10-19/h4-16,22H,3H2,1-2H3. The van der Waals surface area contributed by atoms with Gasteiger partial charge in [-0.3, -0.25) is 14.2 Å². The van der Waals surface area contributed by atoms with Crippen molar-refractivity contribution >= 4 is 16.8 Å². The number of carbonyl (C=O) groups is 1. The van der Waals surface area contributed by atoms with Crippen molar-refractivity contribution in [3.8, 4) is 5.69 Å². The number of nitrogens with zero attached hydrogens (tertiary/aromatic N) is 3. The number of hydrogen-bond donors (Lipinski definition) is 0.